The van der Waals surface area contributed by atoms with Crippen molar-refractivity contribution in [3.05, 3.63) is 34.9 Å². The molecule has 1 unspecified atom stereocenters. The van der Waals surface area contributed by atoms with Crippen LogP contribution in [0.1, 0.15) is 50.8 Å². The number of benzene rings is 1. The van der Waals surface area contributed by atoms with Gasteiger partial charge in [-0.05, 0) is 54.3 Å². The van der Waals surface area contributed by atoms with E-state index in [1.807, 2.05) is 0 Å². The van der Waals surface area contributed by atoms with Crippen LogP contribution in [0.15, 0.2) is 18.2 Å². The van der Waals surface area contributed by atoms with Crippen LogP contribution in [-0.4, -0.2) is 6.54 Å². The summed E-state index contributed by atoms with van der Waals surface area (Å²) in [5.74, 6) is 0.680. The van der Waals surface area contributed by atoms with E-state index in [1.165, 1.54) is 16.7 Å². The molecule has 2 N–H and O–H groups in total. The molecule has 1 aromatic rings. The van der Waals surface area contributed by atoms with Crippen molar-refractivity contribution in [1.29, 1.82) is 0 Å². The summed E-state index contributed by atoms with van der Waals surface area (Å²) in [5, 5.41) is 0. The van der Waals surface area contributed by atoms with Crippen LogP contribution in [0.4, 0.5) is 0 Å². The lowest BCUT2D eigenvalue weighted by molar-refractivity contribution is 0.536. The summed E-state index contributed by atoms with van der Waals surface area (Å²) in [7, 11) is 0. The molecule has 1 nitrogen and oxygen atoms in total. The van der Waals surface area contributed by atoms with Crippen LogP contribution in [0.2, 0.25) is 0 Å². The maximum Gasteiger partial charge on any atom is -0.00746 e. The van der Waals surface area contributed by atoms with Gasteiger partial charge in [0, 0.05) is 0 Å². The van der Waals surface area contributed by atoms with Crippen LogP contribution in [0.25, 0.3) is 0 Å². The number of rotatable bonds is 4. The molecule has 17 heavy (non-hydrogen) atoms. The minimum absolute atomic E-state index is 0.242. The topological polar surface area (TPSA) is 26.0 Å². The smallest absolute Gasteiger partial charge is 0.00746 e. The maximum atomic E-state index is 5.60. The van der Waals surface area contributed by atoms with Gasteiger partial charge in [0.05, 0.1) is 0 Å². The van der Waals surface area contributed by atoms with Crippen molar-refractivity contribution in [3.63, 3.8) is 0 Å². The lowest BCUT2D eigenvalue weighted by Gasteiger charge is -2.21. The molecule has 0 aliphatic rings. The SMILES string of the molecule is Cc1cc(C(C)(C)C)ccc1CC(C)CCN. The molecule has 0 aliphatic carbocycles. The summed E-state index contributed by atoms with van der Waals surface area (Å²) in [6, 6.07) is 6.91. The van der Waals surface area contributed by atoms with Gasteiger partial charge in [-0.1, -0.05) is 45.9 Å². The third-order valence-electron chi connectivity index (χ3n) is 3.44. The Labute approximate surface area is 106 Å². The van der Waals surface area contributed by atoms with Crippen molar-refractivity contribution in [1.82, 2.24) is 0 Å². The van der Waals surface area contributed by atoms with E-state index in [9.17, 15) is 0 Å². The molecule has 1 heteroatoms. The predicted octanol–water partition coefficient (Wildman–Crippen LogP) is 3.82. The lowest BCUT2D eigenvalue weighted by atomic mass is 9.84. The van der Waals surface area contributed by atoms with E-state index in [2.05, 4.69) is 52.8 Å². The number of nitrogens with two attached hydrogens (primary N) is 1. The average molecular weight is 233 g/mol. The molecular weight excluding hydrogens is 206 g/mol. The van der Waals surface area contributed by atoms with E-state index in [4.69, 9.17) is 5.73 Å². The molecule has 1 aromatic carbocycles. The molecule has 0 fully saturated rings. The summed E-state index contributed by atoms with van der Waals surface area (Å²) in [6.45, 7) is 12.1. The molecule has 0 saturated heterocycles. The van der Waals surface area contributed by atoms with Gasteiger partial charge in [0.25, 0.3) is 0 Å². The fourth-order valence-corrected chi connectivity index (χ4v) is 2.15. The highest BCUT2D eigenvalue weighted by molar-refractivity contribution is 5.34. The zero-order chi connectivity index (χ0) is 13.1. The second-order valence-electron chi connectivity index (χ2n) is 6.28. The Morgan fingerprint density at radius 1 is 1.24 bits per heavy atom. The van der Waals surface area contributed by atoms with E-state index in [0.29, 0.717) is 5.92 Å². The average Bonchev–Trinajstić information content (AvgIpc) is 2.20. The molecular formula is C16H27N. The first-order chi connectivity index (χ1) is 7.84. The van der Waals surface area contributed by atoms with Crippen molar-refractivity contribution in [3.8, 4) is 0 Å². The van der Waals surface area contributed by atoms with E-state index >= 15 is 0 Å². The van der Waals surface area contributed by atoms with E-state index in [0.717, 1.165) is 19.4 Å². The molecule has 0 amide bonds. The number of hydrogen-bond acceptors (Lipinski definition) is 1. The van der Waals surface area contributed by atoms with Gasteiger partial charge in [-0.3, -0.25) is 0 Å². The quantitative estimate of drug-likeness (QED) is 0.840. The molecule has 96 valence electrons. The molecule has 0 aromatic heterocycles. The van der Waals surface area contributed by atoms with Crippen molar-refractivity contribution >= 4 is 0 Å². The summed E-state index contributed by atoms with van der Waals surface area (Å²) in [4.78, 5) is 0. The van der Waals surface area contributed by atoms with E-state index in [1.54, 1.807) is 0 Å². The molecule has 0 bridgehead atoms. The fraction of sp³-hybridized carbons (Fsp3) is 0.625. The van der Waals surface area contributed by atoms with Gasteiger partial charge in [-0.15, -0.1) is 0 Å². The highest BCUT2D eigenvalue weighted by atomic mass is 14.5. The molecule has 0 spiro atoms. The van der Waals surface area contributed by atoms with Gasteiger partial charge < -0.3 is 5.73 Å². The molecule has 0 heterocycles. The Morgan fingerprint density at radius 3 is 2.35 bits per heavy atom. The van der Waals surface area contributed by atoms with Crippen molar-refractivity contribution < 1.29 is 0 Å². The first-order valence-electron chi connectivity index (χ1n) is 6.64. The van der Waals surface area contributed by atoms with Crippen LogP contribution >= 0.6 is 0 Å². The minimum Gasteiger partial charge on any atom is -0.330 e. The van der Waals surface area contributed by atoms with Crippen molar-refractivity contribution in [2.75, 3.05) is 6.54 Å². The summed E-state index contributed by atoms with van der Waals surface area (Å²) >= 11 is 0. The fourth-order valence-electron chi connectivity index (χ4n) is 2.15. The minimum atomic E-state index is 0.242. The van der Waals surface area contributed by atoms with Gasteiger partial charge in [-0.2, -0.15) is 0 Å². The second-order valence-corrected chi connectivity index (χ2v) is 6.28. The second kappa shape index (κ2) is 5.68. The first kappa shape index (κ1) is 14.2. The monoisotopic (exact) mass is 233 g/mol. The highest BCUT2D eigenvalue weighted by Gasteiger charge is 2.14. The largest absolute Gasteiger partial charge is 0.330 e. The summed E-state index contributed by atoms with van der Waals surface area (Å²) in [5.41, 5.74) is 10.2. The highest BCUT2D eigenvalue weighted by Crippen LogP contribution is 2.25. The van der Waals surface area contributed by atoms with Crippen LogP contribution in [0.5, 0.6) is 0 Å². The summed E-state index contributed by atoms with van der Waals surface area (Å²) < 4.78 is 0. The van der Waals surface area contributed by atoms with Gasteiger partial charge >= 0.3 is 0 Å². The third-order valence-corrected chi connectivity index (χ3v) is 3.44. The van der Waals surface area contributed by atoms with Gasteiger partial charge in [0.2, 0.25) is 0 Å². The number of aryl methyl sites for hydroxylation is 1. The van der Waals surface area contributed by atoms with E-state index < -0.39 is 0 Å². The summed E-state index contributed by atoms with van der Waals surface area (Å²) in [6.07, 6.45) is 2.26. The Morgan fingerprint density at radius 2 is 1.88 bits per heavy atom. The third kappa shape index (κ3) is 4.16. The van der Waals surface area contributed by atoms with Crippen LogP contribution in [0, 0.1) is 12.8 Å². The van der Waals surface area contributed by atoms with Crippen molar-refractivity contribution in [2.24, 2.45) is 11.7 Å². The van der Waals surface area contributed by atoms with Crippen LogP contribution in [0.3, 0.4) is 0 Å². The Balaban J connectivity index is 2.83. The predicted molar refractivity (Wildman–Crippen MR) is 76.4 cm³/mol. The first-order valence-corrected chi connectivity index (χ1v) is 6.64. The lowest BCUT2D eigenvalue weighted by Crippen LogP contribution is -2.12. The maximum absolute atomic E-state index is 5.60. The van der Waals surface area contributed by atoms with Crippen LogP contribution < -0.4 is 5.73 Å². The standard InChI is InChI=1S/C16H27N/c1-12(8-9-17)10-14-6-7-15(11-13(14)2)16(3,4)5/h6-7,11-12H,8-10,17H2,1-5H3. The molecule has 0 aliphatic heterocycles. The Hall–Kier alpha value is -0.820. The molecule has 0 saturated carbocycles. The molecule has 1 rings (SSSR count). The van der Waals surface area contributed by atoms with Gasteiger partial charge in [-0.25, -0.2) is 0 Å². The van der Waals surface area contributed by atoms with Crippen molar-refractivity contribution in [2.45, 2.75) is 52.9 Å². The Bertz CT molecular complexity index is 360. The van der Waals surface area contributed by atoms with Gasteiger partial charge in [0.15, 0.2) is 0 Å². The molecule has 0 radical (unpaired) electrons. The Kier molecular flexibility index (Phi) is 4.76. The zero-order valence-corrected chi connectivity index (χ0v) is 12.0. The normalized spacial score (nSPS) is 13.8. The van der Waals surface area contributed by atoms with Gasteiger partial charge in [0.1, 0.15) is 0 Å². The number of hydrogen-bond donors (Lipinski definition) is 1. The zero-order valence-electron chi connectivity index (χ0n) is 12.0. The molecule has 1 atom stereocenters. The van der Waals surface area contributed by atoms with E-state index in [-0.39, 0.29) is 5.41 Å². The van der Waals surface area contributed by atoms with Crippen LogP contribution in [-0.2, 0) is 11.8 Å².